The molecule has 0 N–H and O–H groups in total. The van der Waals surface area contributed by atoms with Gasteiger partial charge in [-0.15, -0.1) is 11.6 Å². The van der Waals surface area contributed by atoms with Crippen molar-refractivity contribution in [1.29, 1.82) is 0 Å². The van der Waals surface area contributed by atoms with E-state index in [-0.39, 0.29) is 11.7 Å². The molecule has 96 valence electrons. The standard InChI is InChI=1S/C15H17ClO2/c1-10(16)15(18)12-7-5-11(6-8-12)9-13-3-2-4-14(13)17/h5-8,10,13H,2-4,9H2,1H3. The van der Waals surface area contributed by atoms with E-state index >= 15 is 0 Å². The van der Waals surface area contributed by atoms with Crippen LogP contribution >= 0.6 is 11.6 Å². The van der Waals surface area contributed by atoms with Gasteiger partial charge in [-0.3, -0.25) is 9.59 Å². The number of carbonyl (C=O) groups excluding carboxylic acids is 2. The molecule has 1 fully saturated rings. The van der Waals surface area contributed by atoms with Crippen LogP contribution in [0.15, 0.2) is 24.3 Å². The first-order chi connectivity index (χ1) is 8.58. The second-order valence-corrected chi connectivity index (χ2v) is 5.59. The third-order valence-corrected chi connectivity index (χ3v) is 3.71. The SMILES string of the molecule is CC(Cl)C(=O)c1ccc(CC2CCCC2=O)cc1. The fraction of sp³-hybridized carbons (Fsp3) is 0.467. The summed E-state index contributed by atoms with van der Waals surface area (Å²) >= 11 is 5.76. The molecular weight excluding hydrogens is 248 g/mol. The van der Waals surface area contributed by atoms with Crippen molar-refractivity contribution in [1.82, 2.24) is 0 Å². The van der Waals surface area contributed by atoms with E-state index in [0.717, 1.165) is 31.2 Å². The van der Waals surface area contributed by atoms with Gasteiger partial charge in [-0.05, 0) is 31.7 Å². The molecule has 18 heavy (non-hydrogen) atoms. The van der Waals surface area contributed by atoms with Crippen molar-refractivity contribution < 1.29 is 9.59 Å². The first-order valence-electron chi connectivity index (χ1n) is 6.38. The lowest BCUT2D eigenvalue weighted by atomic mass is 9.96. The van der Waals surface area contributed by atoms with Crippen LogP contribution in [0.25, 0.3) is 0 Å². The lowest BCUT2D eigenvalue weighted by Crippen LogP contribution is -2.11. The van der Waals surface area contributed by atoms with Gasteiger partial charge in [0.15, 0.2) is 5.78 Å². The molecular formula is C15H17ClO2. The molecule has 0 heterocycles. The Morgan fingerprint density at radius 2 is 2.06 bits per heavy atom. The van der Waals surface area contributed by atoms with Crippen molar-refractivity contribution in [2.45, 2.75) is 38.0 Å². The lowest BCUT2D eigenvalue weighted by Gasteiger charge is -2.09. The van der Waals surface area contributed by atoms with E-state index in [4.69, 9.17) is 11.6 Å². The highest BCUT2D eigenvalue weighted by molar-refractivity contribution is 6.33. The summed E-state index contributed by atoms with van der Waals surface area (Å²) in [7, 11) is 0. The molecule has 1 saturated carbocycles. The molecule has 0 amide bonds. The summed E-state index contributed by atoms with van der Waals surface area (Å²) < 4.78 is 0. The van der Waals surface area contributed by atoms with Crippen LogP contribution in [-0.2, 0) is 11.2 Å². The average Bonchev–Trinajstić information content (AvgIpc) is 2.75. The number of halogens is 1. The summed E-state index contributed by atoms with van der Waals surface area (Å²) in [5, 5.41) is -0.493. The fourth-order valence-corrected chi connectivity index (χ4v) is 2.55. The topological polar surface area (TPSA) is 34.1 Å². The molecule has 0 saturated heterocycles. The van der Waals surface area contributed by atoms with Crippen LogP contribution in [0.5, 0.6) is 0 Å². The van der Waals surface area contributed by atoms with E-state index in [1.54, 1.807) is 19.1 Å². The molecule has 0 radical (unpaired) electrons. The molecule has 0 aliphatic heterocycles. The molecule has 1 aliphatic rings. The maximum atomic E-state index is 11.7. The Labute approximate surface area is 112 Å². The number of alkyl halides is 1. The Hall–Kier alpha value is -1.15. The van der Waals surface area contributed by atoms with Crippen LogP contribution in [0, 0.1) is 5.92 Å². The number of ketones is 2. The van der Waals surface area contributed by atoms with Crippen molar-refractivity contribution in [3.05, 3.63) is 35.4 Å². The van der Waals surface area contributed by atoms with Gasteiger partial charge in [0.05, 0.1) is 5.38 Å². The summed E-state index contributed by atoms with van der Waals surface area (Å²) in [6, 6.07) is 7.46. The van der Waals surface area contributed by atoms with Crippen molar-refractivity contribution >= 4 is 23.2 Å². The third-order valence-electron chi connectivity index (χ3n) is 3.51. The Balaban J connectivity index is 2.03. The van der Waals surface area contributed by atoms with E-state index in [2.05, 4.69) is 0 Å². The summed E-state index contributed by atoms with van der Waals surface area (Å²) in [4.78, 5) is 23.2. The maximum Gasteiger partial charge on any atom is 0.180 e. The molecule has 1 aliphatic carbocycles. The highest BCUT2D eigenvalue weighted by atomic mass is 35.5. The van der Waals surface area contributed by atoms with Crippen LogP contribution in [0.3, 0.4) is 0 Å². The quantitative estimate of drug-likeness (QED) is 0.617. The van der Waals surface area contributed by atoms with Crippen LogP contribution in [0.2, 0.25) is 0 Å². The summed E-state index contributed by atoms with van der Waals surface area (Å²) in [6.07, 6.45) is 3.54. The van der Waals surface area contributed by atoms with E-state index in [1.807, 2.05) is 12.1 Å². The normalized spacial score (nSPS) is 21.0. The summed E-state index contributed by atoms with van der Waals surface area (Å²) in [5.74, 6) is 0.503. The molecule has 2 atom stereocenters. The summed E-state index contributed by atoms with van der Waals surface area (Å²) in [5.41, 5.74) is 1.76. The Kier molecular flexibility index (Phi) is 4.18. The zero-order valence-electron chi connectivity index (χ0n) is 10.5. The minimum absolute atomic E-state index is 0.0554. The molecule has 1 aromatic carbocycles. The number of benzene rings is 1. The molecule has 0 bridgehead atoms. The Morgan fingerprint density at radius 1 is 1.39 bits per heavy atom. The van der Waals surface area contributed by atoms with E-state index in [9.17, 15) is 9.59 Å². The highest BCUT2D eigenvalue weighted by Gasteiger charge is 2.24. The molecule has 2 unspecified atom stereocenters. The van der Waals surface area contributed by atoms with Crippen LogP contribution in [0.4, 0.5) is 0 Å². The van der Waals surface area contributed by atoms with Crippen LogP contribution < -0.4 is 0 Å². The number of hydrogen-bond donors (Lipinski definition) is 0. The molecule has 2 nitrogen and oxygen atoms in total. The average molecular weight is 265 g/mol. The number of Topliss-reactive ketones (excluding diaryl/α,β-unsaturated/α-hetero) is 2. The predicted molar refractivity (Wildman–Crippen MR) is 72.1 cm³/mol. The molecule has 1 aromatic rings. The van der Waals surface area contributed by atoms with E-state index in [1.165, 1.54) is 0 Å². The van der Waals surface area contributed by atoms with Gasteiger partial charge in [-0.2, -0.15) is 0 Å². The lowest BCUT2D eigenvalue weighted by molar-refractivity contribution is -0.120. The number of carbonyl (C=O) groups is 2. The van der Waals surface area contributed by atoms with E-state index in [0.29, 0.717) is 11.3 Å². The maximum absolute atomic E-state index is 11.7. The monoisotopic (exact) mass is 264 g/mol. The van der Waals surface area contributed by atoms with Gasteiger partial charge >= 0.3 is 0 Å². The second kappa shape index (κ2) is 5.66. The van der Waals surface area contributed by atoms with Gasteiger partial charge in [0.2, 0.25) is 0 Å². The van der Waals surface area contributed by atoms with Crippen LogP contribution in [-0.4, -0.2) is 16.9 Å². The van der Waals surface area contributed by atoms with E-state index < -0.39 is 5.38 Å². The third kappa shape index (κ3) is 2.99. The molecule has 0 aromatic heterocycles. The zero-order valence-corrected chi connectivity index (χ0v) is 11.2. The van der Waals surface area contributed by atoms with Gasteiger partial charge in [-0.1, -0.05) is 24.3 Å². The van der Waals surface area contributed by atoms with Gasteiger partial charge in [0, 0.05) is 17.9 Å². The minimum Gasteiger partial charge on any atom is -0.299 e. The summed E-state index contributed by atoms with van der Waals surface area (Å²) in [6.45, 7) is 1.68. The van der Waals surface area contributed by atoms with Crippen molar-refractivity contribution in [3.8, 4) is 0 Å². The van der Waals surface area contributed by atoms with Crippen molar-refractivity contribution in [2.24, 2.45) is 5.92 Å². The Morgan fingerprint density at radius 3 is 2.56 bits per heavy atom. The van der Waals surface area contributed by atoms with Crippen molar-refractivity contribution in [2.75, 3.05) is 0 Å². The Bertz CT molecular complexity index is 448. The zero-order chi connectivity index (χ0) is 13.1. The molecule has 0 spiro atoms. The van der Waals surface area contributed by atoms with Gasteiger partial charge in [0.1, 0.15) is 5.78 Å². The second-order valence-electron chi connectivity index (χ2n) is 4.94. The largest absolute Gasteiger partial charge is 0.299 e. The molecule has 3 heteroatoms. The van der Waals surface area contributed by atoms with Gasteiger partial charge in [0.25, 0.3) is 0 Å². The number of rotatable bonds is 4. The van der Waals surface area contributed by atoms with Gasteiger partial charge < -0.3 is 0 Å². The number of hydrogen-bond acceptors (Lipinski definition) is 2. The fourth-order valence-electron chi connectivity index (χ4n) is 2.42. The van der Waals surface area contributed by atoms with Crippen molar-refractivity contribution in [3.63, 3.8) is 0 Å². The smallest absolute Gasteiger partial charge is 0.180 e. The van der Waals surface area contributed by atoms with Gasteiger partial charge in [-0.25, -0.2) is 0 Å². The van der Waals surface area contributed by atoms with Crippen LogP contribution in [0.1, 0.15) is 42.1 Å². The first kappa shape index (κ1) is 13.3. The first-order valence-corrected chi connectivity index (χ1v) is 6.81. The minimum atomic E-state index is -0.493. The molecule has 2 rings (SSSR count). The predicted octanol–water partition coefficient (Wildman–Crippen LogP) is 3.41. The highest BCUT2D eigenvalue weighted by Crippen LogP contribution is 2.25.